The second-order valence-corrected chi connectivity index (χ2v) is 4.55. The van der Waals surface area contributed by atoms with Gasteiger partial charge in [-0.25, -0.2) is 14.0 Å². The van der Waals surface area contributed by atoms with Gasteiger partial charge < -0.3 is 9.84 Å². The molecule has 8 heteroatoms. The summed E-state index contributed by atoms with van der Waals surface area (Å²) in [4.78, 5) is 32.7. The summed E-state index contributed by atoms with van der Waals surface area (Å²) in [5, 5.41) is 19.9. The Labute approximate surface area is 129 Å². The number of methoxy groups -OCH3 is 1. The number of aromatic carboxylic acids is 1. The smallest absolute Gasteiger partial charge is 0.337 e. The van der Waals surface area contributed by atoms with Crippen molar-refractivity contribution in [1.82, 2.24) is 0 Å². The van der Waals surface area contributed by atoms with E-state index in [0.29, 0.717) is 0 Å². The van der Waals surface area contributed by atoms with Gasteiger partial charge in [-0.05, 0) is 35.4 Å². The van der Waals surface area contributed by atoms with Crippen LogP contribution in [-0.2, 0) is 4.74 Å². The Kier molecular flexibility index (Phi) is 4.35. The molecule has 0 fully saturated rings. The fourth-order valence-corrected chi connectivity index (χ4v) is 2.00. The van der Waals surface area contributed by atoms with Gasteiger partial charge in [-0.3, -0.25) is 10.1 Å². The summed E-state index contributed by atoms with van der Waals surface area (Å²) in [5.74, 6) is -2.90. The molecule has 0 bridgehead atoms. The van der Waals surface area contributed by atoms with Crippen molar-refractivity contribution in [2.45, 2.75) is 0 Å². The molecule has 2 rings (SSSR count). The van der Waals surface area contributed by atoms with E-state index >= 15 is 0 Å². The SMILES string of the molecule is COC(=O)c1cc(F)cc(-c2cc(C(=O)O)cc([N+](=O)[O-])c2)c1. The number of rotatable bonds is 4. The highest BCUT2D eigenvalue weighted by molar-refractivity contribution is 5.93. The molecule has 7 nitrogen and oxygen atoms in total. The Bertz CT molecular complexity index is 785. The molecule has 118 valence electrons. The first-order valence-electron chi connectivity index (χ1n) is 6.24. The van der Waals surface area contributed by atoms with E-state index in [4.69, 9.17) is 5.11 Å². The first-order valence-corrected chi connectivity index (χ1v) is 6.24. The van der Waals surface area contributed by atoms with Gasteiger partial charge in [0.05, 0.1) is 23.2 Å². The maximum absolute atomic E-state index is 13.7. The summed E-state index contributed by atoms with van der Waals surface area (Å²) in [6, 6.07) is 6.40. The van der Waals surface area contributed by atoms with E-state index in [-0.39, 0.29) is 22.3 Å². The van der Waals surface area contributed by atoms with Gasteiger partial charge in [-0.15, -0.1) is 0 Å². The van der Waals surface area contributed by atoms with Crippen LogP contribution in [0.15, 0.2) is 36.4 Å². The number of carboxylic acids is 1. The number of carbonyl (C=O) groups excluding carboxylic acids is 1. The van der Waals surface area contributed by atoms with E-state index in [0.717, 1.165) is 37.4 Å². The molecule has 0 aliphatic rings. The lowest BCUT2D eigenvalue weighted by molar-refractivity contribution is -0.384. The molecule has 0 atom stereocenters. The molecule has 0 amide bonds. The molecule has 2 aromatic carbocycles. The molecule has 0 saturated carbocycles. The number of nitrogens with zero attached hydrogens (tertiary/aromatic N) is 1. The Morgan fingerprint density at radius 3 is 2.26 bits per heavy atom. The van der Waals surface area contributed by atoms with Gasteiger partial charge in [0.2, 0.25) is 0 Å². The van der Waals surface area contributed by atoms with Gasteiger partial charge in [0, 0.05) is 12.1 Å². The number of carboxylic acid groups (broad SMARTS) is 1. The summed E-state index contributed by atoms with van der Waals surface area (Å²) in [5.41, 5.74) is -0.648. The third-order valence-electron chi connectivity index (χ3n) is 3.03. The molecular formula is C15H10FNO6. The summed E-state index contributed by atoms with van der Waals surface area (Å²) in [6.07, 6.45) is 0. The van der Waals surface area contributed by atoms with Gasteiger partial charge in [0.15, 0.2) is 0 Å². The Morgan fingerprint density at radius 2 is 1.70 bits per heavy atom. The molecule has 0 aliphatic carbocycles. The highest BCUT2D eigenvalue weighted by Crippen LogP contribution is 2.28. The average Bonchev–Trinajstić information content (AvgIpc) is 2.52. The molecule has 0 heterocycles. The van der Waals surface area contributed by atoms with Crippen molar-refractivity contribution in [3.63, 3.8) is 0 Å². The highest BCUT2D eigenvalue weighted by Gasteiger charge is 2.16. The largest absolute Gasteiger partial charge is 0.478 e. The van der Waals surface area contributed by atoms with Crippen molar-refractivity contribution in [2.75, 3.05) is 7.11 Å². The van der Waals surface area contributed by atoms with Crippen molar-refractivity contribution in [2.24, 2.45) is 0 Å². The monoisotopic (exact) mass is 319 g/mol. The third-order valence-corrected chi connectivity index (χ3v) is 3.03. The predicted octanol–water partition coefficient (Wildman–Crippen LogP) is 2.89. The van der Waals surface area contributed by atoms with Gasteiger partial charge in [0.1, 0.15) is 5.82 Å². The molecule has 0 saturated heterocycles. The quantitative estimate of drug-likeness (QED) is 0.527. The van der Waals surface area contributed by atoms with Crippen LogP contribution in [0.4, 0.5) is 10.1 Å². The molecule has 0 aromatic heterocycles. The van der Waals surface area contributed by atoms with Gasteiger partial charge >= 0.3 is 11.9 Å². The van der Waals surface area contributed by atoms with Crippen LogP contribution in [0, 0.1) is 15.9 Å². The second-order valence-electron chi connectivity index (χ2n) is 4.55. The number of benzene rings is 2. The lowest BCUT2D eigenvalue weighted by Crippen LogP contribution is -2.03. The first-order chi connectivity index (χ1) is 10.8. The van der Waals surface area contributed by atoms with Crippen molar-refractivity contribution in [3.05, 3.63) is 63.5 Å². The molecule has 0 spiro atoms. The van der Waals surface area contributed by atoms with Gasteiger partial charge in [0.25, 0.3) is 5.69 Å². The maximum atomic E-state index is 13.7. The minimum atomic E-state index is -1.36. The molecule has 2 aromatic rings. The topological polar surface area (TPSA) is 107 Å². The standard InChI is InChI=1S/C15H10FNO6/c1-23-15(20)11-3-8(4-12(16)5-11)9-2-10(14(18)19)7-13(6-9)17(21)22/h2-7H,1H3,(H,18,19). The number of hydrogen-bond acceptors (Lipinski definition) is 5. The van der Waals surface area contributed by atoms with E-state index < -0.39 is 28.4 Å². The number of nitro benzene ring substituents is 1. The van der Waals surface area contributed by atoms with E-state index in [1.807, 2.05) is 0 Å². The van der Waals surface area contributed by atoms with Crippen LogP contribution in [0.3, 0.4) is 0 Å². The Balaban J connectivity index is 2.65. The van der Waals surface area contributed by atoms with E-state index in [1.165, 1.54) is 6.07 Å². The number of non-ortho nitro benzene ring substituents is 1. The van der Waals surface area contributed by atoms with E-state index in [1.54, 1.807) is 0 Å². The molecule has 0 radical (unpaired) electrons. The van der Waals surface area contributed by atoms with Crippen molar-refractivity contribution < 1.29 is 28.7 Å². The summed E-state index contributed by atoms with van der Waals surface area (Å²) >= 11 is 0. The van der Waals surface area contributed by atoms with Crippen molar-refractivity contribution in [3.8, 4) is 11.1 Å². The summed E-state index contributed by atoms with van der Waals surface area (Å²) in [6.45, 7) is 0. The van der Waals surface area contributed by atoms with Crippen LogP contribution in [0.5, 0.6) is 0 Å². The molecule has 0 aliphatic heterocycles. The molecule has 1 N–H and O–H groups in total. The number of carbonyl (C=O) groups is 2. The number of nitro groups is 1. The fraction of sp³-hybridized carbons (Fsp3) is 0.0667. The van der Waals surface area contributed by atoms with Gasteiger partial charge in [-0.1, -0.05) is 0 Å². The minimum absolute atomic E-state index is 0.0918. The summed E-state index contributed by atoms with van der Waals surface area (Å²) < 4.78 is 18.2. The van der Waals surface area contributed by atoms with E-state index in [2.05, 4.69) is 4.74 Å². The van der Waals surface area contributed by atoms with Crippen LogP contribution >= 0.6 is 0 Å². The zero-order valence-corrected chi connectivity index (χ0v) is 11.8. The zero-order chi connectivity index (χ0) is 17.1. The zero-order valence-electron chi connectivity index (χ0n) is 11.8. The summed E-state index contributed by atoms with van der Waals surface area (Å²) in [7, 11) is 1.13. The van der Waals surface area contributed by atoms with Crippen LogP contribution < -0.4 is 0 Å². The van der Waals surface area contributed by atoms with Crippen LogP contribution in [-0.4, -0.2) is 29.1 Å². The minimum Gasteiger partial charge on any atom is -0.478 e. The van der Waals surface area contributed by atoms with Crippen LogP contribution in [0.25, 0.3) is 11.1 Å². The van der Waals surface area contributed by atoms with E-state index in [9.17, 15) is 24.1 Å². The fourth-order valence-electron chi connectivity index (χ4n) is 2.00. The lowest BCUT2D eigenvalue weighted by Gasteiger charge is -2.07. The highest BCUT2D eigenvalue weighted by atomic mass is 19.1. The van der Waals surface area contributed by atoms with Gasteiger partial charge in [-0.2, -0.15) is 0 Å². The third kappa shape index (κ3) is 3.49. The lowest BCUT2D eigenvalue weighted by atomic mass is 10.00. The number of ether oxygens (including phenoxy) is 1. The molecule has 0 unspecified atom stereocenters. The number of hydrogen-bond donors (Lipinski definition) is 1. The van der Waals surface area contributed by atoms with Crippen LogP contribution in [0.2, 0.25) is 0 Å². The Morgan fingerprint density at radius 1 is 1.09 bits per heavy atom. The predicted molar refractivity (Wildman–Crippen MR) is 76.8 cm³/mol. The maximum Gasteiger partial charge on any atom is 0.337 e. The second kappa shape index (κ2) is 6.22. The molecular weight excluding hydrogens is 309 g/mol. The Hall–Kier alpha value is -3.29. The average molecular weight is 319 g/mol. The normalized spacial score (nSPS) is 10.2. The van der Waals surface area contributed by atoms with Crippen LogP contribution in [0.1, 0.15) is 20.7 Å². The number of halogens is 1. The van der Waals surface area contributed by atoms with Crippen molar-refractivity contribution in [1.29, 1.82) is 0 Å². The molecule has 23 heavy (non-hydrogen) atoms. The number of esters is 1. The first kappa shape index (κ1) is 16.1. The van der Waals surface area contributed by atoms with Crippen molar-refractivity contribution >= 4 is 17.6 Å².